The van der Waals surface area contributed by atoms with Gasteiger partial charge in [0.1, 0.15) is 5.82 Å². The molecule has 0 radical (unpaired) electrons. The molecule has 2 fully saturated rings. The Hall–Kier alpha value is -1.82. The summed E-state index contributed by atoms with van der Waals surface area (Å²) in [5.74, 6) is 1.00. The van der Waals surface area contributed by atoms with E-state index in [0.29, 0.717) is 32.5 Å². The summed E-state index contributed by atoms with van der Waals surface area (Å²) < 4.78 is 0. The number of nitrogens with zero attached hydrogens (tertiary/aromatic N) is 3. The Bertz CT molecular complexity index is 509. The fraction of sp³-hybridized carbons (Fsp3) is 0.625. The van der Waals surface area contributed by atoms with E-state index < -0.39 is 0 Å². The molecular weight excluding hydrogens is 280 g/mol. The summed E-state index contributed by atoms with van der Waals surface area (Å²) in [6.45, 7) is 3.91. The van der Waals surface area contributed by atoms with Crippen molar-refractivity contribution in [1.82, 2.24) is 15.2 Å². The van der Waals surface area contributed by atoms with E-state index in [1.165, 1.54) is 12.8 Å². The topological polar surface area (TPSA) is 68.7 Å². The van der Waals surface area contributed by atoms with Crippen molar-refractivity contribution < 1.29 is 9.90 Å². The van der Waals surface area contributed by atoms with E-state index in [4.69, 9.17) is 0 Å². The number of carbonyl (C=O) groups is 1. The fourth-order valence-electron chi connectivity index (χ4n) is 3.05. The van der Waals surface area contributed by atoms with E-state index in [9.17, 15) is 9.90 Å². The maximum absolute atomic E-state index is 12.1. The zero-order chi connectivity index (χ0) is 15.4. The molecule has 0 bridgehead atoms. The van der Waals surface area contributed by atoms with Crippen LogP contribution >= 0.6 is 0 Å². The first-order valence-corrected chi connectivity index (χ1v) is 8.13. The van der Waals surface area contributed by atoms with E-state index in [2.05, 4.69) is 21.3 Å². The lowest BCUT2D eigenvalue weighted by atomic mass is 10.1. The molecule has 3 heterocycles. The van der Waals surface area contributed by atoms with Gasteiger partial charge in [0.05, 0.1) is 6.10 Å². The van der Waals surface area contributed by atoms with Gasteiger partial charge in [0.15, 0.2) is 0 Å². The van der Waals surface area contributed by atoms with Crippen LogP contribution in [-0.2, 0) is 6.54 Å². The first-order chi connectivity index (χ1) is 10.7. The number of nitrogens with one attached hydrogen (secondary N) is 1. The summed E-state index contributed by atoms with van der Waals surface area (Å²) in [5, 5.41) is 12.4. The zero-order valence-corrected chi connectivity index (χ0v) is 12.9. The second kappa shape index (κ2) is 6.96. The van der Waals surface area contributed by atoms with Gasteiger partial charge in [-0.25, -0.2) is 9.78 Å². The molecule has 6 heteroatoms. The van der Waals surface area contributed by atoms with E-state index in [0.717, 1.165) is 24.5 Å². The van der Waals surface area contributed by atoms with Gasteiger partial charge < -0.3 is 20.2 Å². The van der Waals surface area contributed by atoms with Crippen LogP contribution < -0.4 is 10.2 Å². The Labute approximate surface area is 131 Å². The minimum absolute atomic E-state index is 0.0496. The lowest BCUT2D eigenvalue weighted by Gasteiger charge is -2.29. The number of aromatic nitrogens is 1. The maximum Gasteiger partial charge on any atom is 0.317 e. The molecule has 2 aliphatic heterocycles. The van der Waals surface area contributed by atoms with Crippen LogP contribution in [-0.4, -0.2) is 53.3 Å². The van der Waals surface area contributed by atoms with Crippen LogP contribution in [0.2, 0.25) is 0 Å². The third kappa shape index (κ3) is 3.68. The molecule has 1 aromatic heterocycles. The maximum atomic E-state index is 12.1. The molecule has 6 nitrogen and oxygen atoms in total. The van der Waals surface area contributed by atoms with Gasteiger partial charge in [-0.15, -0.1) is 0 Å². The number of aliphatic hydroxyl groups is 1. The highest BCUT2D eigenvalue weighted by atomic mass is 16.3. The number of hydrogen-bond acceptors (Lipinski definition) is 4. The summed E-state index contributed by atoms with van der Waals surface area (Å²) in [4.78, 5) is 20.6. The van der Waals surface area contributed by atoms with Gasteiger partial charge in [-0.2, -0.15) is 0 Å². The molecule has 3 rings (SSSR count). The van der Waals surface area contributed by atoms with Crippen LogP contribution in [0.3, 0.4) is 0 Å². The van der Waals surface area contributed by atoms with Gasteiger partial charge in [-0.05, 0) is 43.4 Å². The number of amides is 2. The third-order valence-electron chi connectivity index (χ3n) is 4.44. The molecule has 2 N–H and O–H groups in total. The average Bonchev–Trinajstić information content (AvgIpc) is 3.08. The Morgan fingerprint density at radius 1 is 1.27 bits per heavy atom. The molecule has 1 aromatic rings. The molecule has 0 aromatic carbocycles. The van der Waals surface area contributed by atoms with E-state index in [1.807, 2.05) is 12.3 Å². The van der Waals surface area contributed by atoms with Crippen LogP contribution in [0, 0.1) is 0 Å². The van der Waals surface area contributed by atoms with Crippen LogP contribution in [0.25, 0.3) is 0 Å². The highest BCUT2D eigenvalue weighted by Crippen LogP contribution is 2.18. The number of aliphatic hydroxyl groups excluding tert-OH is 1. The van der Waals surface area contributed by atoms with E-state index in [-0.39, 0.29) is 12.1 Å². The summed E-state index contributed by atoms with van der Waals surface area (Å²) in [5.41, 5.74) is 1.07. The van der Waals surface area contributed by atoms with Crippen LogP contribution in [0.15, 0.2) is 18.3 Å². The molecular formula is C16H24N4O2. The smallest absolute Gasteiger partial charge is 0.317 e. The van der Waals surface area contributed by atoms with Gasteiger partial charge in [0.25, 0.3) is 0 Å². The van der Waals surface area contributed by atoms with Crippen molar-refractivity contribution in [3.05, 3.63) is 23.9 Å². The highest BCUT2D eigenvalue weighted by molar-refractivity contribution is 5.74. The molecule has 0 spiro atoms. The van der Waals surface area contributed by atoms with Crippen molar-refractivity contribution in [3.8, 4) is 0 Å². The summed E-state index contributed by atoms with van der Waals surface area (Å²) in [6, 6.07) is 3.96. The largest absolute Gasteiger partial charge is 0.393 e. The predicted molar refractivity (Wildman–Crippen MR) is 84.7 cm³/mol. The minimum atomic E-state index is -0.257. The number of likely N-dealkylation sites (tertiary alicyclic amines) is 1. The number of urea groups is 1. The van der Waals surface area contributed by atoms with Crippen molar-refractivity contribution in [1.29, 1.82) is 0 Å². The number of anilines is 1. The normalized spacial score (nSPS) is 19.5. The number of rotatable bonds is 3. The Kier molecular flexibility index (Phi) is 4.77. The lowest BCUT2D eigenvalue weighted by Crippen LogP contribution is -2.45. The molecule has 2 saturated heterocycles. The third-order valence-corrected chi connectivity index (χ3v) is 4.44. The first kappa shape index (κ1) is 15.1. The number of piperidine rings is 1. The van der Waals surface area contributed by atoms with Crippen molar-refractivity contribution in [2.24, 2.45) is 0 Å². The number of hydrogen-bond donors (Lipinski definition) is 2. The molecule has 0 atom stereocenters. The van der Waals surface area contributed by atoms with Gasteiger partial charge in [0, 0.05) is 38.9 Å². The molecule has 2 amide bonds. The van der Waals surface area contributed by atoms with E-state index in [1.54, 1.807) is 4.90 Å². The molecule has 0 aliphatic carbocycles. The molecule has 0 saturated carbocycles. The monoisotopic (exact) mass is 304 g/mol. The van der Waals surface area contributed by atoms with E-state index >= 15 is 0 Å². The summed E-state index contributed by atoms with van der Waals surface area (Å²) >= 11 is 0. The lowest BCUT2D eigenvalue weighted by molar-refractivity contribution is 0.0936. The summed E-state index contributed by atoms with van der Waals surface area (Å²) in [7, 11) is 0. The number of carbonyl (C=O) groups excluding carboxylic acids is 1. The van der Waals surface area contributed by atoms with Crippen molar-refractivity contribution >= 4 is 11.8 Å². The molecule has 22 heavy (non-hydrogen) atoms. The number of pyridine rings is 1. The molecule has 120 valence electrons. The second-order valence-corrected chi connectivity index (χ2v) is 6.09. The van der Waals surface area contributed by atoms with Crippen molar-refractivity contribution in [2.45, 2.75) is 38.3 Å². The second-order valence-electron chi connectivity index (χ2n) is 6.09. The van der Waals surface area contributed by atoms with Gasteiger partial charge in [-0.3, -0.25) is 0 Å². The summed E-state index contributed by atoms with van der Waals surface area (Å²) in [6.07, 6.45) is 5.34. The molecule has 2 aliphatic rings. The quantitative estimate of drug-likeness (QED) is 0.884. The van der Waals surface area contributed by atoms with Crippen LogP contribution in [0.4, 0.5) is 10.6 Å². The van der Waals surface area contributed by atoms with Crippen molar-refractivity contribution in [3.63, 3.8) is 0 Å². The minimum Gasteiger partial charge on any atom is -0.393 e. The van der Waals surface area contributed by atoms with Crippen LogP contribution in [0.5, 0.6) is 0 Å². The predicted octanol–water partition coefficient (Wildman–Crippen LogP) is 1.35. The van der Waals surface area contributed by atoms with Crippen molar-refractivity contribution in [2.75, 3.05) is 31.1 Å². The van der Waals surface area contributed by atoms with Gasteiger partial charge in [0.2, 0.25) is 0 Å². The average molecular weight is 304 g/mol. The zero-order valence-electron chi connectivity index (χ0n) is 12.9. The van der Waals surface area contributed by atoms with Gasteiger partial charge in [-0.1, -0.05) is 0 Å². The molecule has 0 unspecified atom stereocenters. The van der Waals surface area contributed by atoms with Gasteiger partial charge >= 0.3 is 6.03 Å². The Morgan fingerprint density at radius 2 is 2.00 bits per heavy atom. The Balaban J connectivity index is 1.52. The van der Waals surface area contributed by atoms with Crippen LogP contribution in [0.1, 0.15) is 31.2 Å². The Morgan fingerprint density at radius 3 is 2.73 bits per heavy atom. The fourth-order valence-corrected chi connectivity index (χ4v) is 3.05. The standard InChI is InChI=1S/C16H24N4O2/c21-14-4-9-20(10-5-14)16(22)18-12-13-3-6-17-15(11-13)19-7-1-2-8-19/h3,6,11,14,21H,1-2,4-5,7-10,12H2,(H,18,22). The SMILES string of the molecule is O=C(NCc1ccnc(N2CCCC2)c1)N1CCC(O)CC1. The highest BCUT2D eigenvalue weighted by Gasteiger charge is 2.21. The first-order valence-electron chi connectivity index (χ1n) is 8.13.